The monoisotopic (exact) mass is 245 g/mol. The van der Waals surface area contributed by atoms with Gasteiger partial charge in [-0.2, -0.15) is 0 Å². The van der Waals surface area contributed by atoms with Crippen molar-refractivity contribution >= 4 is 24.1 Å². The molecule has 0 spiro atoms. The lowest BCUT2D eigenvalue weighted by Gasteiger charge is -1.96. The Morgan fingerprint density at radius 3 is 1.89 bits per heavy atom. The van der Waals surface area contributed by atoms with Crippen LogP contribution in [0.3, 0.4) is 0 Å². The van der Waals surface area contributed by atoms with Crippen molar-refractivity contribution in [3.05, 3.63) is 29.6 Å². The van der Waals surface area contributed by atoms with Crippen molar-refractivity contribution in [1.29, 1.82) is 10.8 Å². The van der Waals surface area contributed by atoms with Crippen LogP contribution in [-0.2, 0) is 0 Å². The van der Waals surface area contributed by atoms with Gasteiger partial charge in [-0.05, 0) is 6.07 Å². The van der Waals surface area contributed by atoms with Crippen molar-refractivity contribution < 1.29 is 0 Å². The van der Waals surface area contributed by atoms with Crippen LogP contribution in [-0.4, -0.2) is 42.2 Å². The van der Waals surface area contributed by atoms with E-state index in [1.54, 1.807) is 24.8 Å². The minimum Gasteiger partial charge on any atom is -0.386 e. The van der Waals surface area contributed by atoms with E-state index in [2.05, 4.69) is 15.0 Å². The fourth-order valence-electron chi connectivity index (χ4n) is 1.12. The number of nitrogens with one attached hydrogen (secondary N) is 2. The molecular weight excluding hydrogens is 230 g/mol. The molecule has 6 N–H and O–H groups in total. The van der Waals surface area contributed by atoms with Crippen molar-refractivity contribution in [2.24, 2.45) is 21.5 Å². The van der Waals surface area contributed by atoms with Crippen molar-refractivity contribution in [3.8, 4) is 0 Å². The number of pyridine rings is 1. The zero-order valence-corrected chi connectivity index (χ0v) is 9.80. The third kappa shape index (κ3) is 5.50. The van der Waals surface area contributed by atoms with E-state index in [1.165, 1.54) is 0 Å². The summed E-state index contributed by atoms with van der Waals surface area (Å²) in [5.74, 6) is 0.0248. The molecule has 0 saturated heterocycles. The fraction of sp³-hybridized carbons (Fsp3) is 0.182. The van der Waals surface area contributed by atoms with Crippen molar-refractivity contribution in [1.82, 2.24) is 4.98 Å². The fourth-order valence-corrected chi connectivity index (χ4v) is 1.12. The molecule has 0 aliphatic carbocycles. The summed E-state index contributed by atoms with van der Waals surface area (Å²) in [5.41, 5.74) is 12.0. The van der Waals surface area contributed by atoms with Crippen LogP contribution >= 0.6 is 0 Å². The first kappa shape index (κ1) is 13.5. The number of hydrogen-bond donors (Lipinski definition) is 4. The van der Waals surface area contributed by atoms with Gasteiger partial charge < -0.3 is 11.5 Å². The van der Waals surface area contributed by atoms with E-state index in [0.29, 0.717) is 0 Å². The molecular formula is C11H15N7. The van der Waals surface area contributed by atoms with Gasteiger partial charge in [0.2, 0.25) is 0 Å². The molecule has 7 heteroatoms. The molecule has 0 bridgehead atoms. The molecule has 0 aliphatic heterocycles. The predicted molar refractivity (Wildman–Crippen MR) is 73.0 cm³/mol. The molecule has 18 heavy (non-hydrogen) atoms. The van der Waals surface area contributed by atoms with E-state index in [0.717, 1.165) is 11.1 Å². The Labute approximate surface area is 105 Å². The molecule has 0 amide bonds. The van der Waals surface area contributed by atoms with Crippen LogP contribution in [0.4, 0.5) is 0 Å². The van der Waals surface area contributed by atoms with E-state index in [-0.39, 0.29) is 24.8 Å². The maximum absolute atomic E-state index is 7.03. The lowest BCUT2D eigenvalue weighted by atomic mass is 10.2. The summed E-state index contributed by atoms with van der Waals surface area (Å²) < 4.78 is 0. The minimum absolute atomic E-state index is 0.0124. The highest BCUT2D eigenvalue weighted by atomic mass is 14.8. The molecule has 1 heterocycles. The highest BCUT2D eigenvalue weighted by molar-refractivity contribution is 5.88. The number of hydrogen-bond acceptors (Lipinski definition) is 5. The van der Waals surface area contributed by atoms with Crippen molar-refractivity contribution in [2.75, 3.05) is 13.1 Å². The van der Waals surface area contributed by atoms with E-state index >= 15 is 0 Å². The molecule has 0 radical (unpaired) electrons. The maximum atomic E-state index is 7.03. The summed E-state index contributed by atoms with van der Waals surface area (Å²) in [6, 6.07) is 1.83. The second-order valence-corrected chi connectivity index (χ2v) is 3.54. The number of aliphatic imine (C=N–C) groups is 2. The normalized spacial score (nSPS) is 11.1. The first-order chi connectivity index (χ1) is 8.58. The molecule has 0 unspecified atom stereocenters. The average molecular weight is 245 g/mol. The average Bonchev–Trinajstić information content (AvgIpc) is 2.28. The van der Waals surface area contributed by atoms with E-state index in [9.17, 15) is 0 Å². The third-order valence-corrected chi connectivity index (χ3v) is 1.78. The SMILES string of the molecule is N=C(N)CN=Cc1cncc(C=NCC(=N)N)c1. The lowest BCUT2D eigenvalue weighted by Crippen LogP contribution is -2.13. The van der Waals surface area contributed by atoms with Gasteiger partial charge in [0.1, 0.15) is 11.7 Å². The molecule has 7 nitrogen and oxygen atoms in total. The Kier molecular flexibility index (Phi) is 5.17. The Morgan fingerprint density at radius 2 is 1.50 bits per heavy atom. The highest BCUT2D eigenvalue weighted by Gasteiger charge is 1.92. The molecule has 1 rings (SSSR count). The van der Waals surface area contributed by atoms with Crippen molar-refractivity contribution in [2.45, 2.75) is 0 Å². The number of nitrogens with zero attached hydrogens (tertiary/aromatic N) is 3. The van der Waals surface area contributed by atoms with Gasteiger partial charge in [0.15, 0.2) is 0 Å². The topological polar surface area (TPSA) is 137 Å². The van der Waals surface area contributed by atoms with Gasteiger partial charge in [0.05, 0.1) is 13.1 Å². The van der Waals surface area contributed by atoms with Crippen LogP contribution in [0.15, 0.2) is 28.4 Å². The zero-order valence-electron chi connectivity index (χ0n) is 9.80. The first-order valence-electron chi connectivity index (χ1n) is 5.18. The molecule has 0 fully saturated rings. The van der Waals surface area contributed by atoms with Crippen molar-refractivity contribution in [3.63, 3.8) is 0 Å². The largest absolute Gasteiger partial charge is 0.386 e. The second kappa shape index (κ2) is 6.89. The molecule has 0 saturated carbocycles. The van der Waals surface area contributed by atoms with Crippen LogP contribution in [0.2, 0.25) is 0 Å². The van der Waals surface area contributed by atoms with E-state index < -0.39 is 0 Å². The van der Waals surface area contributed by atoms with Gasteiger partial charge in [0.25, 0.3) is 0 Å². The number of amidine groups is 2. The number of aromatic nitrogens is 1. The molecule has 0 aliphatic rings. The lowest BCUT2D eigenvalue weighted by molar-refractivity contribution is 1.23. The highest BCUT2D eigenvalue weighted by Crippen LogP contribution is 1.98. The Bertz CT molecular complexity index is 449. The quantitative estimate of drug-likeness (QED) is 0.407. The van der Waals surface area contributed by atoms with Gasteiger partial charge >= 0.3 is 0 Å². The van der Waals surface area contributed by atoms with Gasteiger partial charge in [-0.1, -0.05) is 0 Å². The number of rotatable bonds is 6. The summed E-state index contributed by atoms with van der Waals surface area (Å²) in [6.45, 7) is 0.339. The van der Waals surface area contributed by atoms with Gasteiger partial charge in [-0.3, -0.25) is 25.8 Å². The minimum atomic E-state index is 0.0124. The zero-order chi connectivity index (χ0) is 13.4. The maximum Gasteiger partial charge on any atom is 0.113 e. The van der Waals surface area contributed by atoms with Crippen LogP contribution in [0, 0.1) is 10.8 Å². The second-order valence-electron chi connectivity index (χ2n) is 3.54. The molecule has 0 atom stereocenters. The third-order valence-electron chi connectivity index (χ3n) is 1.78. The van der Waals surface area contributed by atoms with E-state index in [1.807, 2.05) is 6.07 Å². The van der Waals surface area contributed by atoms with Crippen LogP contribution in [0.1, 0.15) is 11.1 Å². The predicted octanol–water partition coefficient (Wildman–Crippen LogP) is -0.209. The smallest absolute Gasteiger partial charge is 0.113 e. The summed E-state index contributed by atoms with van der Waals surface area (Å²) >= 11 is 0. The van der Waals surface area contributed by atoms with Crippen LogP contribution in [0.5, 0.6) is 0 Å². The Balaban J connectivity index is 2.67. The number of nitrogens with two attached hydrogens (primary N) is 2. The summed E-state index contributed by atoms with van der Waals surface area (Å²) in [5, 5.41) is 14.1. The van der Waals surface area contributed by atoms with Crippen LogP contribution < -0.4 is 11.5 Å². The van der Waals surface area contributed by atoms with Gasteiger partial charge in [0, 0.05) is 35.9 Å². The molecule has 1 aromatic heterocycles. The Hall–Kier alpha value is -2.57. The first-order valence-corrected chi connectivity index (χ1v) is 5.18. The summed E-state index contributed by atoms with van der Waals surface area (Å²) in [4.78, 5) is 12.0. The summed E-state index contributed by atoms with van der Waals surface area (Å²) in [7, 11) is 0. The molecule has 94 valence electrons. The Morgan fingerprint density at radius 1 is 1.06 bits per heavy atom. The van der Waals surface area contributed by atoms with Crippen LogP contribution in [0.25, 0.3) is 0 Å². The van der Waals surface area contributed by atoms with Gasteiger partial charge in [-0.15, -0.1) is 0 Å². The standard InChI is InChI=1S/C11H15N7/c12-10(13)6-17-4-8-1-9(3-16-2-8)5-18-7-11(14)15/h1-5H,6-7H2,(H3,12,13)(H3,14,15). The molecule has 0 aromatic carbocycles. The summed E-state index contributed by atoms with van der Waals surface area (Å²) in [6.07, 6.45) is 6.48. The molecule has 1 aromatic rings. The van der Waals surface area contributed by atoms with E-state index in [4.69, 9.17) is 22.3 Å². The van der Waals surface area contributed by atoms with Gasteiger partial charge in [-0.25, -0.2) is 0 Å².